The molecule has 0 atom stereocenters. The second-order valence-electron chi connectivity index (χ2n) is 3.11. The van der Waals surface area contributed by atoms with Gasteiger partial charge in [-0.3, -0.25) is 4.98 Å². The quantitative estimate of drug-likeness (QED) is 0.558. The van der Waals surface area contributed by atoms with Gasteiger partial charge < -0.3 is 4.42 Å². The van der Waals surface area contributed by atoms with E-state index in [0.717, 1.165) is 21.9 Å². The lowest BCUT2D eigenvalue weighted by Crippen LogP contribution is -1.69. The Bertz CT molecular complexity index is 615. The monoisotopic (exact) mass is 203 g/mol. The van der Waals surface area contributed by atoms with Gasteiger partial charge in [0.25, 0.3) is 0 Å². The zero-order valence-electron chi connectivity index (χ0n) is 7.20. The Kier molecular flexibility index (Phi) is 1.52. The van der Waals surface area contributed by atoms with Crippen LogP contribution in [-0.2, 0) is 0 Å². The minimum absolute atomic E-state index is 0.712. The van der Waals surface area contributed by atoms with Crippen molar-refractivity contribution in [2.24, 2.45) is 0 Å². The van der Waals surface area contributed by atoms with E-state index >= 15 is 0 Å². The fourth-order valence-electron chi connectivity index (χ4n) is 1.59. The van der Waals surface area contributed by atoms with Crippen LogP contribution in [0.4, 0.5) is 0 Å². The molecule has 0 fully saturated rings. The van der Waals surface area contributed by atoms with Crippen LogP contribution in [0.1, 0.15) is 0 Å². The molecule has 2 aromatic heterocycles. The van der Waals surface area contributed by atoms with Gasteiger partial charge in [-0.2, -0.15) is 0 Å². The summed E-state index contributed by atoms with van der Waals surface area (Å²) in [4.78, 5) is 4.06. The average Bonchev–Trinajstić information content (AvgIpc) is 2.56. The second-order valence-corrected chi connectivity index (χ2v) is 3.55. The highest BCUT2D eigenvalue weighted by Crippen LogP contribution is 2.29. The molecular weight excluding hydrogens is 198 g/mol. The molecule has 3 rings (SSSR count). The SMILES string of the molecule is Clc1ccc2oc3ccncc3c2c1. The van der Waals surface area contributed by atoms with Gasteiger partial charge in [0.1, 0.15) is 11.2 Å². The van der Waals surface area contributed by atoms with Crippen LogP contribution in [0.3, 0.4) is 0 Å². The maximum atomic E-state index is 5.91. The van der Waals surface area contributed by atoms with E-state index in [1.165, 1.54) is 0 Å². The van der Waals surface area contributed by atoms with Crippen molar-refractivity contribution in [1.29, 1.82) is 0 Å². The number of pyridine rings is 1. The topological polar surface area (TPSA) is 26.0 Å². The summed E-state index contributed by atoms with van der Waals surface area (Å²) in [5, 5.41) is 2.73. The highest BCUT2D eigenvalue weighted by molar-refractivity contribution is 6.31. The fraction of sp³-hybridized carbons (Fsp3) is 0. The Morgan fingerprint density at radius 2 is 1.93 bits per heavy atom. The van der Waals surface area contributed by atoms with Crippen molar-refractivity contribution in [3.63, 3.8) is 0 Å². The molecule has 0 aliphatic carbocycles. The van der Waals surface area contributed by atoms with Crippen molar-refractivity contribution in [2.75, 3.05) is 0 Å². The van der Waals surface area contributed by atoms with Crippen molar-refractivity contribution >= 4 is 33.5 Å². The van der Waals surface area contributed by atoms with Crippen LogP contribution in [0.25, 0.3) is 21.9 Å². The van der Waals surface area contributed by atoms with Gasteiger partial charge in [-0.05, 0) is 24.3 Å². The first-order valence-corrected chi connectivity index (χ1v) is 4.64. The molecule has 0 amide bonds. The summed E-state index contributed by atoms with van der Waals surface area (Å²) < 4.78 is 5.61. The van der Waals surface area contributed by atoms with E-state index in [0.29, 0.717) is 5.02 Å². The van der Waals surface area contributed by atoms with Crippen LogP contribution in [0.15, 0.2) is 41.1 Å². The number of rotatable bonds is 0. The third kappa shape index (κ3) is 1.01. The van der Waals surface area contributed by atoms with Gasteiger partial charge in [0, 0.05) is 28.2 Å². The van der Waals surface area contributed by atoms with E-state index in [1.807, 2.05) is 24.3 Å². The van der Waals surface area contributed by atoms with Crippen LogP contribution in [-0.4, -0.2) is 4.98 Å². The average molecular weight is 204 g/mol. The second kappa shape index (κ2) is 2.72. The molecule has 0 radical (unpaired) electrons. The Morgan fingerprint density at radius 3 is 2.86 bits per heavy atom. The molecule has 0 spiro atoms. The van der Waals surface area contributed by atoms with E-state index in [-0.39, 0.29) is 0 Å². The fourth-order valence-corrected chi connectivity index (χ4v) is 1.77. The number of benzene rings is 1. The summed E-state index contributed by atoms with van der Waals surface area (Å²) in [7, 11) is 0. The Labute approximate surface area is 85.1 Å². The lowest BCUT2D eigenvalue weighted by atomic mass is 10.2. The maximum Gasteiger partial charge on any atom is 0.138 e. The normalized spacial score (nSPS) is 11.2. The molecule has 68 valence electrons. The smallest absolute Gasteiger partial charge is 0.138 e. The molecule has 0 N–H and O–H groups in total. The van der Waals surface area contributed by atoms with E-state index in [1.54, 1.807) is 12.4 Å². The van der Waals surface area contributed by atoms with Crippen molar-refractivity contribution in [1.82, 2.24) is 4.98 Å². The molecule has 3 aromatic rings. The summed E-state index contributed by atoms with van der Waals surface area (Å²) in [5.41, 5.74) is 1.69. The minimum Gasteiger partial charge on any atom is -0.456 e. The highest BCUT2D eigenvalue weighted by atomic mass is 35.5. The van der Waals surface area contributed by atoms with Crippen LogP contribution < -0.4 is 0 Å². The van der Waals surface area contributed by atoms with Crippen LogP contribution in [0, 0.1) is 0 Å². The summed E-state index contributed by atoms with van der Waals surface area (Å²) in [6.07, 6.45) is 3.50. The summed E-state index contributed by atoms with van der Waals surface area (Å²) in [5.74, 6) is 0. The zero-order valence-corrected chi connectivity index (χ0v) is 7.95. The molecule has 14 heavy (non-hydrogen) atoms. The van der Waals surface area contributed by atoms with Gasteiger partial charge in [-0.15, -0.1) is 0 Å². The van der Waals surface area contributed by atoms with Gasteiger partial charge in [0.2, 0.25) is 0 Å². The van der Waals surface area contributed by atoms with Gasteiger partial charge >= 0.3 is 0 Å². The molecule has 0 saturated heterocycles. The Morgan fingerprint density at radius 1 is 1.07 bits per heavy atom. The third-order valence-electron chi connectivity index (χ3n) is 2.23. The molecule has 1 aromatic carbocycles. The molecule has 0 aliphatic heterocycles. The minimum atomic E-state index is 0.712. The number of hydrogen-bond donors (Lipinski definition) is 0. The molecule has 2 heterocycles. The zero-order chi connectivity index (χ0) is 9.54. The first-order chi connectivity index (χ1) is 6.84. The van der Waals surface area contributed by atoms with Gasteiger partial charge in [0.05, 0.1) is 0 Å². The first kappa shape index (κ1) is 7.83. The largest absolute Gasteiger partial charge is 0.456 e. The van der Waals surface area contributed by atoms with Crippen molar-refractivity contribution in [3.05, 3.63) is 41.7 Å². The molecule has 0 unspecified atom stereocenters. The number of aromatic nitrogens is 1. The first-order valence-electron chi connectivity index (χ1n) is 4.26. The molecule has 0 bridgehead atoms. The van der Waals surface area contributed by atoms with E-state index < -0.39 is 0 Å². The number of halogens is 1. The van der Waals surface area contributed by atoms with Gasteiger partial charge in [-0.1, -0.05) is 11.6 Å². The number of furan rings is 1. The van der Waals surface area contributed by atoms with Crippen LogP contribution in [0.5, 0.6) is 0 Å². The Hall–Kier alpha value is -1.54. The van der Waals surface area contributed by atoms with Gasteiger partial charge in [-0.25, -0.2) is 0 Å². The highest BCUT2D eigenvalue weighted by Gasteiger charge is 2.05. The molecule has 0 aliphatic rings. The third-order valence-corrected chi connectivity index (χ3v) is 2.47. The number of nitrogens with zero attached hydrogens (tertiary/aromatic N) is 1. The molecule has 0 saturated carbocycles. The van der Waals surface area contributed by atoms with Crippen LogP contribution >= 0.6 is 11.6 Å². The molecule has 2 nitrogen and oxygen atoms in total. The summed E-state index contributed by atoms with van der Waals surface area (Å²) in [6, 6.07) is 7.44. The lowest BCUT2D eigenvalue weighted by Gasteiger charge is -1.88. The predicted octanol–water partition coefficient (Wildman–Crippen LogP) is 3.63. The van der Waals surface area contributed by atoms with Crippen molar-refractivity contribution in [3.8, 4) is 0 Å². The standard InChI is InChI=1S/C11H6ClNO/c12-7-1-2-10-8(5-7)9-6-13-4-3-11(9)14-10/h1-6H. The number of hydrogen-bond acceptors (Lipinski definition) is 2. The summed E-state index contributed by atoms with van der Waals surface area (Å²) >= 11 is 5.91. The van der Waals surface area contributed by atoms with Gasteiger partial charge in [0.15, 0.2) is 0 Å². The maximum absolute atomic E-state index is 5.91. The van der Waals surface area contributed by atoms with Crippen molar-refractivity contribution < 1.29 is 4.42 Å². The molecule has 3 heteroatoms. The predicted molar refractivity (Wildman–Crippen MR) is 56.5 cm³/mol. The molecular formula is C11H6ClNO. The lowest BCUT2D eigenvalue weighted by molar-refractivity contribution is 0.668. The summed E-state index contributed by atoms with van der Waals surface area (Å²) in [6.45, 7) is 0. The van der Waals surface area contributed by atoms with Crippen LogP contribution in [0.2, 0.25) is 5.02 Å². The Balaban J connectivity index is 2.58. The van der Waals surface area contributed by atoms with E-state index in [2.05, 4.69) is 4.98 Å². The van der Waals surface area contributed by atoms with Crippen molar-refractivity contribution in [2.45, 2.75) is 0 Å². The van der Waals surface area contributed by atoms with E-state index in [9.17, 15) is 0 Å². The van der Waals surface area contributed by atoms with E-state index in [4.69, 9.17) is 16.0 Å². The number of fused-ring (bicyclic) bond motifs is 3.